The average Bonchev–Trinajstić information content (AvgIpc) is 2.38. The van der Waals surface area contributed by atoms with Crippen LogP contribution in [0.15, 0.2) is 18.2 Å². The van der Waals surface area contributed by atoms with Crippen molar-refractivity contribution in [3.05, 3.63) is 23.8 Å². The first kappa shape index (κ1) is 17.5. The van der Waals surface area contributed by atoms with Crippen LogP contribution in [0.2, 0.25) is 0 Å². The van der Waals surface area contributed by atoms with Gasteiger partial charge in [0.1, 0.15) is 5.75 Å². The van der Waals surface area contributed by atoms with E-state index in [1.165, 1.54) is 6.07 Å². The van der Waals surface area contributed by atoms with Crippen molar-refractivity contribution in [2.45, 2.75) is 31.7 Å². The van der Waals surface area contributed by atoms with Crippen molar-refractivity contribution in [2.75, 3.05) is 16.8 Å². The van der Waals surface area contributed by atoms with Crippen LogP contribution >= 0.6 is 0 Å². The maximum Gasteiger partial charge on any atom is 0.418 e. The van der Waals surface area contributed by atoms with Crippen LogP contribution in [0.25, 0.3) is 0 Å². The van der Waals surface area contributed by atoms with Gasteiger partial charge < -0.3 is 11.1 Å². The van der Waals surface area contributed by atoms with E-state index >= 15 is 0 Å². The van der Waals surface area contributed by atoms with E-state index in [0.29, 0.717) is 6.42 Å². The molecule has 0 bridgehead atoms. The van der Waals surface area contributed by atoms with Gasteiger partial charge in [-0.15, -0.1) is 0 Å². The van der Waals surface area contributed by atoms with Crippen LogP contribution in [0.3, 0.4) is 0 Å². The molecule has 0 aromatic heterocycles. The number of anilines is 2. The number of hydrogen-bond acceptors (Lipinski definition) is 3. The van der Waals surface area contributed by atoms with E-state index < -0.39 is 34.1 Å². The van der Waals surface area contributed by atoms with E-state index in [0.717, 1.165) is 12.1 Å². The van der Waals surface area contributed by atoms with Gasteiger partial charge in [-0.2, -0.15) is 13.2 Å². The number of alkyl halides is 3. The molecular formula is C13H17F3N2O2S. The Bertz CT molecular complexity index is 547. The van der Waals surface area contributed by atoms with Gasteiger partial charge in [-0.05, 0) is 24.6 Å². The highest BCUT2D eigenvalue weighted by molar-refractivity contribution is 7.86. The second kappa shape index (κ2) is 6.93. The summed E-state index contributed by atoms with van der Waals surface area (Å²) in [7, 11) is -1.35. The van der Waals surface area contributed by atoms with E-state index in [4.69, 9.17) is 5.73 Å². The third-order valence-electron chi connectivity index (χ3n) is 2.94. The number of nitrogen functional groups attached to an aromatic ring is 1. The zero-order valence-corrected chi connectivity index (χ0v) is 12.5. The molecule has 0 saturated heterocycles. The van der Waals surface area contributed by atoms with E-state index in [2.05, 4.69) is 5.32 Å². The molecule has 1 aromatic carbocycles. The van der Waals surface area contributed by atoms with Crippen LogP contribution in [0, 0.1) is 0 Å². The largest absolute Gasteiger partial charge is 0.418 e. The molecule has 8 heteroatoms. The van der Waals surface area contributed by atoms with Crippen molar-refractivity contribution in [2.24, 2.45) is 0 Å². The van der Waals surface area contributed by atoms with Gasteiger partial charge in [-0.25, -0.2) is 0 Å². The molecule has 0 aliphatic carbocycles. The summed E-state index contributed by atoms with van der Waals surface area (Å²) in [6, 6.07) is 3.11. The highest BCUT2D eigenvalue weighted by atomic mass is 32.2. The lowest BCUT2D eigenvalue weighted by atomic mass is 10.1. The summed E-state index contributed by atoms with van der Waals surface area (Å²) in [5, 5.41) is 2.16. The number of rotatable bonds is 5. The summed E-state index contributed by atoms with van der Waals surface area (Å²) >= 11 is 0. The summed E-state index contributed by atoms with van der Waals surface area (Å²) in [4.78, 5) is 11.7. The van der Waals surface area contributed by atoms with E-state index in [9.17, 15) is 22.2 Å². The van der Waals surface area contributed by atoms with Gasteiger partial charge in [0, 0.05) is 27.4 Å². The Kier molecular flexibility index (Phi) is 5.77. The van der Waals surface area contributed by atoms with E-state index in [-0.39, 0.29) is 16.7 Å². The van der Waals surface area contributed by atoms with Gasteiger partial charge in [0.15, 0.2) is 0 Å². The van der Waals surface area contributed by atoms with Gasteiger partial charge in [0.05, 0.1) is 5.56 Å². The molecule has 0 fully saturated rings. The first-order valence-corrected chi connectivity index (χ1v) is 7.67. The summed E-state index contributed by atoms with van der Waals surface area (Å²) in [5.74, 6) is -0.840. The number of benzene rings is 1. The highest BCUT2D eigenvalue weighted by Crippen LogP contribution is 2.35. The summed E-state index contributed by atoms with van der Waals surface area (Å²) in [6.45, 7) is 3.59. The number of carbonyl (C=O) groups excluding carboxylic acids is 1. The maximum atomic E-state index is 12.7. The molecule has 0 saturated carbocycles. The van der Waals surface area contributed by atoms with Gasteiger partial charge in [0.25, 0.3) is 0 Å². The third kappa shape index (κ3) is 5.04. The predicted molar refractivity (Wildman–Crippen MR) is 77.2 cm³/mol. The lowest BCUT2D eigenvalue weighted by Crippen LogP contribution is -2.24. The Morgan fingerprint density at radius 1 is 1.43 bits per heavy atom. The monoisotopic (exact) mass is 322 g/mol. The number of halogens is 3. The zero-order valence-electron chi connectivity index (χ0n) is 11.7. The zero-order chi connectivity index (χ0) is 16.2. The number of nitrogens with one attached hydrogen (secondary N) is 1. The molecule has 21 heavy (non-hydrogen) atoms. The van der Waals surface area contributed by atoms with Crippen LogP contribution in [0.1, 0.15) is 25.8 Å². The summed E-state index contributed by atoms with van der Waals surface area (Å²) in [6.07, 6.45) is -3.94. The van der Waals surface area contributed by atoms with Crippen molar-refractivity contribution in [3.63, 3.8) is 0 Å². The summed E-state index contributed by atoms with van der Waals surface area (Å²) < 4.78 is 49.8. The molecule has 1 amide bonds. The molecule has 118 valence electrons. The van der Waals surface area contributed by atoms with Crippen LogP contribution in [0.5, 0.6) is 0 Å². The Labute approximate surface area is 123 Å². The standard InChI is InChI=1S/C13H17F3N2O2S/c1-3-8(2)21(20)7-12(19)18-9-4-5-11(17)10(6-9)13(14,15)16/h4-6,8H,3,7,17H2,1-2H3,(H,18,19). The minimum Gasteiger partial charge on any atom is -0.398 e. The molecule has 0 aliphatic heterocycles. The number of carbonyl (C=O) groups is 1. The Morgan fingerprint density at radius 2 is 2.05 bits per heavy atom. The van der Waals surface area contributed by atoms with Gasteiger partial charge >= 0.3 is 6.18 Å². The molecule has 1 rings (SSSR count). The second-order valence-electron chi connectivity index (χ2n) is 4.59. The Balaban J connectivity index is 2.80. The highest BCUT2D eigenvalue weighted by Gasteiger charge is 2.33. The lowest BCUT2D eigenvalue weighted by molar-refractivity contribution is -0.136. The topological polar surface area (TPSA) is 72.2 Å². The fraction of sp³-hybridized carbons (Fsp3) is 0.462. The SMILES string of the molecule is CCC(C)S(=O)CC(=O)Nc1ccc(N)c(C(F)(F)F)c1. The normalized spacial score (nSPS) is 14.5. The van der Waals surface area contributed by atoms with Crippen molar-refractivity contribution >= 4 is 28.1 Å². The van der Waals surface area contributed by atoms with Gasteiger partial charge in [-0.1, -0.05) is 13.8 Å². The first-order valence-electron chi connectivity index (χ1n) is 6.29. The second-order valence-corrected chi connectivity index (χ2v) is 6.45. The molecule has 2 atom stereocenters. The van der Waals surface area contributed by atoms with Gasteiger partial charge in [0.2, 0.25) is 5.91 Å². The molecule has 1 aromatic rings. The van der Waals surface area contributed by atoms with Crippen molar-refractivity contribution in [1.29, 1.82) is 0 Å². The molecule has 0 radical (unpaired) electrons. The maximum absolute atomic E-state index is 12.7. The van der Waals surface area contributed by atoms with Crippen molar-refractivity contribution < 1.29 is 22.2 Å². The molecule has 4 nitrogen and oxygen atoms in total. The fourth-order valence-electron chi connectivity index (χ4n) is 1.53. The van der Waals surface area contributed by atoms with Crippen LogP contribution in [0.4, 0.5) is 24.5 Å². The first-order chi connectivity index (χ1) is 9.65. The predicted octanol–water partition coefficient (Wildman–Crippen LogP) is 2.77. The van der Waals surface area contributed by atoms with E-state index in [1.54, 1.807) is 6.92 Å². The molecule has 3 N–H and O–H groups in total. The third-order valence-corrected chi connectivity index (χ3v) is 4.72. The molecular weight excluding hydrogens is 305 g/mol. The molecule has 0 spiro atoms. The van der Waals surface area contributed by atoms with Crippen molar-refractivity contribution in [3.8, 4) is 0 Å². The van der Waals surface area contributed by atoms with Crippen LogP contribution < -0.4 is 11.1 Å². The summed E-state index contributed by atoms with van der Waals surface area (Å²) in [5.41, 5.74) is 3.81. The number of nitrogens with two attached hydrogens (primary N) is 1. The average molecular weight is 322 g/mol. The molecule has 0 aliphatic rings. The lowest BCUT2D eigenvalue weighted by Gasteiger charge is -2.13. The fourth-order valence-corrected chi connectivity index (χ4v) is 2.52. The number of hydrogen-bond donors (Lipinski definition) is 2. The molecule has 2 unspecified atom stereocenters. The van der Waals surface area contributed by atoms with Crippen molar-refractivity contribution in [1.82, 2.24) is 0 Å². The van der Waals surface area contributed by atoms with E-state index in [1.807, 2.05) is 6.92 Å². The molecule has 0 heterocycles. The Hall–Kier alpha value is -1.57. The smallest absolute Gasteiger partial charge is 0.398 e. The number of amides is 1. The quantitative estimate of drug-likeness (QED) is 0.819. The minimum atomic E-state index is -4.59. The van der Waals surface area contributed by atoms with Crippen LogP contribution in [-0.2, 0) is 21.8 Å². The Morgan fingerprint density at radius 3 is 2.57 bits per heavy atom. The minimum absolute atomic E-state index is 0.0253. The van der Waals surface area contributed by atoms with Crippen LogP contribution in [-0.4, -0.2) is 21.1 Å². The van der Waals surface area contributed by atoms with Gasteiger partial charge in [-0.3, -0.25) is 9.00 Å².